The molecule has 0 fully saturated rings. The molecule has 6 heteroatoms. The Morgan fingerprint density at radius 2 is 2.31 bits per heavy atom. The molecule has 86 valence electrons. The number of rotatable bonds is 5. The van der Waals surface area contributed by atoms with Crippen molar-refractivity contribution in [1.82, 2.24) is 10.3 Å². The van der Waals surface area contributed by atoms with Crippen LogP contribution in [0.15, 0.2) is 30.5 Å². The van der Waals surface area contributed by atoms with E-state index in [4.69, 9.17) is 4.42 Å². The lowest BCUT2D eigenvalue weighted by Gasteiger charge is -2.00. The molecule has 0 unspecified atom stereocenters. The smallest absolute Gasteiger partial charge is 0.183 e. The maximum Gasteiger partial charge on any atom is 0.183 e. The molecule has 0 aliphatic carbocycles. The van der Waals surface area contributed by atoms with Crippen LogP contribution in [0.25, 0.3) is 0 Å². The summed E-state index contributed by atoms with van der Waals surface area (Å²) in [6.07, 6.45) is 0.951. The lowest BCUT2D eigenvalue weighted by atomic mass is 10.3. The summed E-state index contributed by atoms with van der Waals surface area (Å²) < 4.78 is 7.13. The van der Waals surface area contributed by atoms with Crippen molar-refractivity contribution >= 4 is 43.2 Å². The molecule has 0 saturated carbocycles. The molecule has 16 heavy (non-hydrogen) atoms. The van der Waals surface area contributed by atoms with Crippen molar-refractivity contribution in [3.8, 4) is 0 Å². The van der Waals surface area contributed by atoms with Gasteiger partial charge in [0.15, 0.2) is 4.67 Å². The molecule has 1 N–H and O–H groups in total. The van der Waals surface area contributed by atoms with Crippen molar-refractivity contribution in [2.75, 3.05) is 6.54 Å². The number of nitrogens with one attached hydrogen (secondary N) is 1. The van der Waals surface area contributed by atoms with E-state index in [2.05, 4.69) is 47.5 Å². The first kappa shape index (κ1) is 12.3. The molecule has 0 radical (unpaired) electrons. The van der Waals surface area contributed by atoms with E-state index in [9.17, 15) is 0 Å². The molecule has 3 nitrogen and oxygen atoms in total. The highest BCUT2D eigenvalue weighted by Crippen LogP contribution is 2.26. The van der Waals surface area contributed by atoms with Crippen LogP contribution < -0.4 is 5.32 Å². The summed E-state index contributed by atoms with van der Waals surface area (Å²) in [5.74, 6) is 0.914. The Kier molecular flexibility index (Phi) is 4.57. The highest BCUT2D eigenvalue weighted by molar-refractivity contribution is 9.13. The molecule has 0 aromatic carbocycles. The van der Waals surface area contributed by atoms with Gasteiger partial charge < -0.3 is 9.73 Å². The Hall–Kier alpha value is -0.170. The van der Waals surface area contributed by atoms with Crippen LogP contribution in [-0.4, -0.2) is 11.5 Å². The zero-order valence-electron chi connectivity index (χ0n) is 8.37. The number of halogens is 2. The average Bonchev–Trinajstić information content (AvgIpc) is 2.85. The summed E-state index contributed by atoms with van der Waals surface area (Å²) in [6.45, 7) is 1.63. The Bertz CT molecular complexity index is 422. The van der Waals surface area contributed by atoms with Crippen LogP contribution in [0.1, 0.15) is 11.5 Å². The number of thiazole rings is 1. The molecule has 0 aliphatic heterocycles. The zero-order valence-corrected chi connectivity index (χ0v) is 12.4. The lowest BCUT2D eigenvalue weighted by Crippen LogP contribution is -2.16. The molecule has 0 atom stereocenters. The summed E-state index contributed by atoms with van der Waals surface area (Å²) >= 11 is 8.32. The van der Waals surface area contributed by atoms with Crippen molar-refractivity contribution in [2.24, 2.45) is 0 Å². The first-order chi connectivity index (χ1) is 7.75. The number of furan rings is 1. The highest BCUT2D eigenvalue weighted by Gasteiger charge is 2.05. The van der Waals surface area contributed by atoms with Gasteiger partial charge in [0.1, 0.15) is 5.76 Å². The SMILES string of the molecule is Brc1cc(CNCCc2cscn2)oc1Br. The monoisotopic (exact) mass is 364 g/mol. The largest absolute Gasteiger partial charge is 0.452 e. The van der Waals surface area contributed by atoms with E-state index < -0.39 is 0 Å². The zero-order chi connectivity index (χ0) is 11.4. The van der Waals surface area contributed by atoms with Crippen LogP contribution in [-0.2, 0) is 13.0 Å². The van der Waals surface area contributed by atoms with Crippen molar-refractivity contribution in [1.29, 1.82) is 0 Å². The van der Waals surface area contributed by atoms with E-state index in [1.54, 1.807) is 11.3 Å². The lowest BCUT2D eigenvalue weighted by molar-refractivity contribution is 0.465. The van der Waals surface area contributed by atoms with Crippen molar-refractivity contribution in [2.45, 2.75) is 13.0 Å². The maximum absolute atomic E-state index is 5.45. The van der Waals surface area contributed by atoms with E-state index in [1.165, 1.54) is 0 Å². The third kappa shape index (κ3) is 3.41. The second-order valence-electron chi connectivity index (χ2n) is 3.24. The fraction of sp³-hybridized carbons (Fsp3) is 0.300. The normalized spacial score (nSPS) is 10.9. The molecule has 2 aromatic rings. The van der Waals surface area contributed by atoms with Gasteiger partial charge in [-0.2, -0.15) is 0 Å². The minimum Gasteiger partial charge on any atom is -0.452 e. The standard InChI is InChI=1S/C10H10Br2N2OS/c11-9-3-8(15-10(9)12)4-13-2-1-7-5-16-6-14-7/h3,5-6,13H,1-2,4H2. The summed E-state index contributed by atoms with van der Waals surface area (Å²) in [7, 11) is 0. The van der Waals surface area contributed by atoms with Gasteiger partial charge in [-0.3, -0.25) is 0 Å². The second-order valence-corrected chi connectivity index (χ2v) is 5.53. The molecule has 0 bridgehead atoms. The van der Waals surface area contributed by atoms with Crippen molar-refractivity contribution < 1.29 is 4.42 Å². The Balaban J connectivity index is 1.72. The topological polar surface area (TPSA) is 38.1 Å². The predicted octanol–water partition coefficient (Wildman–Crippen LogP) is 3.59. The summed E-state index contributed by atoms with van der Waals surface area (Å²) in [4.78, 5) is 4.22. The van der Waals surface area contributed by atoms with Crippen LogP contribution >= 0.6 is 43.2 Å². The van der Waals surface area contributed by atoms with Crippen molar-refractivity contribution in [3.05, 3.63) is 37.6 Å². The molecule has 0 spiro atoms. The Morgan fingerprint density at radius 3 is 2.94 bits per heavy atom. The summed E-state index contributed by atoms with van der Waals surface area (Å²) in [5, 5.41) is 5.38. The van der Waals surface area contributed by atoms with E-state index in [0.717, 1.165) is 40.1 Å². The molecular weight excluding hydrogens is 356 g/mol. The summed E-state index contributed by atoms with van der Waals surface area (Å²) in [5.41, 5.74) is 3.00. The highest BCUT2D eigenvalue weighted by atomic mass is 79.9. The molecular formula is C10H10Br2N2OS. The van der Waals surface area contributed by atoms with Crippen LogP contribution in [0.3, 0.4) is 0 Å². The van der Waals surface area contributed by atoms with E-state index in [1.807, 2.05) is 11.6 Å². The van der Waals surface area contributed by atoms with Gasteiger partial charge >= 0.3 is 0 Å². The molecule has 2 aromatic heterocycles. The van der Waals surface area contributed by atoms with Gasteiger partial charge in [0.25, 0.3) is 0 Å². The third-order valence-corrected chi connectivity index (χ3v) is 4.38. The van der Waals surface area contributed by atoms with Gasteiger partial charge in [0, 0.05) is 18.3 Å². The fourth-order valence-corrected chi connectivity index (χ4v) is 2.52. The predicted molar refractivity (Wildman–Crippen MR) is 71.6 cm³/mol. The third-order valence-electron chi connectivity index (χ3n) is 2.04. The van der Waals surface area contributed by atoms with Gasteiger partial charge in [0.05, 0.1) is 22.2 Å². The quantitative estimate of drug-likeness (QED) is 0.822. The van der Waals surface area contributed by atoms with Gasteiger partial charge in [-0.1, -0.05) is 0 Å². The van der Waals surface area contributed by atoms with Crippen LogP contribution in [0.5, 0.6) is 0 Å². The van der Waals surface area contributed by atoms with E-state index >= 15 is 0 Å². The van der Waals surface area contributed by atoms with Crippen molar-refractivity contribution in [3.63, 3.8) is 0 Å². The minimum atomic E-state index is 0.730. The number of hydrogen-bond donors (Lipinski definition) is 1. The van der Waals surface area contributed by atoms with Gasteiger partial charge in [0.2, 0.25) is 0 Å². The maximum atomic E-state index is 5.45. The molecule has 2 rings (SSSR count). The molecule has 0 amide bonds. The number of nitrogens with zero attached hydrogens (tertiary/aromatic N) is 1. The number of aromatic nitrogens is 1. The molecule has 2 heterocycles. The van der Waals surface area contributed by atoms with Crippen LogP contribution in [0.2, 0.25) is 0 Å². The molecule has 0 aliphatic rings. The van der Waals surface area contributed by atoms with Crippen LogP contribution in [0.4, 0.5) is 0 Å². The van der Waals surface area contributed by atoms with Gasteiger partial charge in [-0.05, 0) is 37.9 Å². The van der Waals surface area contributed by atoms with Gasteiger partial charge in [-0.15, -0.1) is 11.3 Å². The Labute approximate surface area is 115 Å². The number of hydrogen-bond acceptors (Lipinski definition) is 4. The van der Waals surface area contributed by atoms with E-state index in [0.29, 0.717) is 0 Å². The summed E-state index contributed by atoms with van der Waals surface area (Å²) in [6, 6.07) is 1.96. The van der Waals surface area contributed by atoms with Gasteiger partial charge in [-0.25, -0.2) is 4.98 Å². The van der Waals surface area contributed by atoms with E-state index in [-0.39, 0.29) is 0 Å². The Morgan fingerprint density at radius 1 is 1.44 bits per heavy atom. The first-order valence-corrected chi connectivity index (χ1v) is 7.30. The molecule has 0 saturated heterocycles. The fourth-order valence-electron chi connectivity index (χ4n) is 1.27. The average molecular weight is 366 g/mol. The first-order valence-electron chi connectivity index (χ1n) is 4.77. The van der Waals surface area contributed by atoms with Crippen LogP contribution in [0, 0.1) is 0 Å². The second kappa shape index (κ2) is 5.95. The minimum absolute atomic E-state index is 0.730.